The Kier molecular flexibility index (Phi) is 1.71. The van der Waals surface area contributed by atoms with Crippen molar-refractivity contribution in [3.05, 3.63) is 49.3 Å². The van der Waals surface area contributed by atoms with Crippen molar-refractivity contribution in [3.8, 4) is 11.1 Å². The maximum absolute atomic E-state index is 4.26. The zero-order valence-corrected chi connectivity index (χ0v) is 7.91. The second kappa shape index (κ2) is 3.16. The Balaban J connectivity index is 2.28. The summed E-state index contributed by atoms with van der Waals surface area (Å²) in [6.45, 7) is 0. The smallest absolute Gasteiger partial charge is 0.115 e. The third-order valence-corrected chi connectivity index (χ3v) is 2.30. The summed E-state index contributed by atoms with van der Waals surface area (Å²) in [5.41, 5.74) is 3.10. The molecule has 0 spiro atoms. The van der Waals surface area contributed by atoms with E-state index in [2.05, 4.69) is 15.1 Å². The molecule has 0 bridgehead atoms. The zero-order chi connectivity index (χ0) is 10.1. The first kappa shape index (κ1) is 8.11. The van der Waals surface area contributed by atoms with Crippen molar-refractivity contribution in [3.63, 3.8) is 0 Å². The van der Waals surface area contributed by atoms with Crippen LogP contribution in [0.3, 0.4) is 0 Å². The number of hydrogen-bond acceptors (Lipinski definition) is 3. The lowest BCUT2D eigenvalue weighted by Gasteiger charge is -1.96. The zero-order valence-electron chi connectivity index (χ0n) is 7.91. The first-order chi connectivity index (χ1) is 7.45. The van der Waals surface area contributed by atoms with Gasteiger partial charge in [-0.25, -0.2) is 14.5 Å². The molecule has 3 aromatic rings. The monoisotopic (exact) mass is 196 g/mol. The van der Waals surface area contributed by atoms with Gasteiger partial charge in [-0.05, 0) is 12.1 Å². The molecule has 15 heavy (non-hydrogen) atoms. The molecule has 0 unspecified atom stereocenters. The highest BCUT2D eigenvalue weighted by Crippen LogP contribution is 2.22. The lowest BCUT2D eigenvalue weighted by atomic mass is 10.1. The second-order valence-electron chi connectivity index (χ2n) is 3.22. The van der Waals surface area contributed by atoms with E-state index in [1.54, 1.807) is 12.4 Å². The van der Waals surface area contributed by atoms with Gasteiger partial charge in [-0.15, -0.1) is 0 Å². The number of fused-ring (bicyclic) bond motifs is 1. The van der Waals surface area contributed by atoms with Crippen LogP contribution in [-0.4, -0.2) is 19.6 Å². The van der Waals surface area contributed by atoms with Crippen LogP contribution in [0.1, 0.15) is 0 Å². The molecule has 72 valence electrons. The van der Waals surface area contributed by atoms with Crippen molar-refractivity contribution in [1.29, 1.82) is 0 Å². The fraction of sp³-hybridized carbons (Fsp3) is 0. The predicted molar refractivity (Wildman–Crippen MR) is 56.2 cm³/mol. The van der Waals surface area contributed by atoms with E-state index in [1.165, 1.54) is 6.33 Å². The molecule has 0 saturated carbocycles. The second-order valence-corrected chi connectivity index (χ2v) is 3.22. The maximum atomic E-state index is 4.26. The van der Waals surface area contributed by atoms with Crippen LogP contribution in [0, 0.1) is 0 Å². The third-order valence-electron chi connectivity index (χ3n) is 2.30. The van der Waals surface area contributed by atoms with Gasteiger partial charge < -0.3 is 0 Å². The molecule has 0 fully saturated rings. The van der Waals surface area contributed by atoms with Crippen molar-refractivity contribution in [2.45, 2.75) is 0 Å². The molecule has 0 aliphatic carbocycles. The van der Waals surface area contributed by atoms with Crippen LogP contribution < -0.4 is 0 Å². The van der Waals surface area contributed by atoms with Crippen LogP contribution in [0.4, 0.5) is 0 Å². The van der Waals surface area contributed by atoms with Crippen molar-refractivity contribution >= 4 is 5.52 Å². The van der Waals surface area contributed by atoms with E-state index in [-0.39, 0.29) is 0 Å². The van der Waals surface area contributed by atoms with Gasteiger partial charge in [0.1, 0.15) is 6.33 Å². The van der Waals surface area contributed by atoms with Gasteiger partial charge in [0, 0.05) is 29.7 Å². The SMILES string of the molecule is c1ccn2ncc(-c3cncnc3)c2c1. The number of nitrogens with zero attached hydrogens (tertiary/aromatic N) is 4. The van der Waals surface area contributed by atoms with Gasteiger partial charge >= 0.3 is 0 Å². The van der Waals surface area contributed by atoms with Gasteiger partial charge in [-0.3, -0.25) is 0 Å². The largest absolute Gasteiger partial charge is 0.244 e. The van der Waals surface area contributed by atoms with Crippen LogP contribution in [0.2, 0.25) is 0 Å². The summed E-state index contributed by atoms with van der Waals surface area (Å²) < 4.78 is 1.84. The third kappa shape index (κ3) is 1.27. The molecule has 0 radical (unpaired) electrons. The Labute approximate surface area is 86.2 Å². The molecule has 0 amide bonds. The van der Waals surface area contributed by atoms with Gasteiger partial charge in [0.2, 0.25) is 0 Å². The molecule has 3 heterocycles. The lowest BCUT2D eigenvalue weighted by Crippen LogP contribution is -1.84. The predicted octanol–water partition coefficient (Wildman–Crippen LogP) is 1.79. The van der Waals surface area contributed by atoms with Crippen molar-refractivity contribution in [2.24, 2.45) is 0 Å². The summed E-state index contributed by atoms with van der Waals surface area (Å²) in [5, 5.41) is 4.26. The average molecular weight is 196 g/mol. The molecule has 0 aromatic carbocycles. The first-order valence-electron chi connectivity index (χ1n) is 4.63. The fourth-order valence-corrected chi connectivity index (χ4v) is 1.60. The summed E-state index contributed by atoms with van der Waals surface area (Å²) in [7, 11) is 0. The highest BCUT2D eigenvalue weighted by molar-refractivity contribution is 5.78. The Morgan fingerprint density at radius 3 is 2.73 bits per heavy atom. The van der Waals surface area contributed by atoms with E-state index < -0.39 is 0 Å². The van der Waals surface area contributed by atoms with Crippen molar-refractivity contribution < 1.29 is 0 Å². The van der Waals surface area contributed by atoms with E-state index >= 15 is 0 Å². The normalized spacial score (nSPS) is 10.7. The topological polar surface area (TPSA) is 43.1 Å². The first-order valence-corrected chi connectivity index (χ1v) is 4.63. The molecular weight excluding hydrogens is 188 g/mol. The summed E-state index contributed by atoms with van der Waals surface area (Å²) in [6, 6.07) is 5.96. The number of aromatic nitrogens is 4. The maximum Gasteiger partial charge on any atom is 0.115 e. The lowest BCUT2D eigenvalue weighted by molar-refractivity contribution is 0.961. The molecular formula is C11H8N4. The van der Waals surface area contributed by atoms with Gasteiger partial charge in [0.05, 0.1) is 11.7 Å². The Morgan fingerprint density at radius 2 is 1.87 bits per heavy atom. The van der Waals surface area contributed by atoms with Crippen LogP contribution in [0.15, 0.2) is 49.3 Å². The van der Waals surface area contributed by atoms with E-state index in [1.807, 2.05) is 35.1 Å². The van der Waals surface area contributed by atoms with Crippen LogP contribution in [-0.2, 0) is 0 Å². The number of pyridine rings is 1. The molecule has 0 aliphatic rings. The highest BCUT2D eigenvalue weighted by Gasteiger charge is 2.05. The van der Waals surface area contributed by atoms with Gasteiger partial charge in [0.25, 0.3) is 0 Å². The van der Waals surface area contributed by atoms with E-state index in [0.717, 1.165) is 16.6 Å². The minimum atomic E-state index is 0.985. The summed E-state index contributed by atoms with van der Waals surface area (Å²) >= 11 is 0. The van der Waals surface area contributed by atoms with Gasteiger partial charge in [0.15, 0.2) is 0 Å². The molecule has 0 aliphatic heterocycles. The van der Waals surface area contributed by atoms with E-state index in [0.29, 0.717) is 0 Å². The molecule has 4 nitrogen and oxygen atoms in total. The van der Waals surface area contributed by atoms with Crippen molar-refractivity contribution in [1.82, 2.24) is 19.6 Å². The van der Waals surface area contributed by atoms with E-state index in [9.17, 15) is 0 Å². The Morgan fingerprint density at radius 1 is 1.00 bits per heavy atom. The van der Waals surface area contributed by atoms with Gasteiger partial charge in [-0.1, -0.05) is 6.07 Å². The fourth-order valence-electron chi connectivity index (χ4n) is 1.60. The summed E-state index contributed by atoms with van der Waals surface area (Å²) in [4.78, 5) is 8.00. The number of hydrogen-bond donors (Lipinski definition) is 0. The van der Waals surface area contributed by atoms with Gasteiger partial charge in [-0.2, -0.15) is 5.10 Å². The Bertz CT molecular complexity index is 586. The number of rotatable bonds is 1. The molecule has 0 atom stereocenters. The molecule has 3 aromatic heterocycles. The minimum absolute atomic E-state index is 0.985. The molecule has 0 saturated heterocycles. The Hall–Kier alpha value is -2.23. The highest BCUT2D eigenvalue weighted by atomic mass is 15.2. The molecule has 4 heteroatoms. The van der Waals surface area contributed by atoms with Crippen LogP contribution >= 0.6 is 0 Å². The average Bonchev–Trinajstić information content (AvgIpc) is 2.74. The molecule has 3 rings (SSSR count). The van der Waals surface area contributed by atoms with Crippen molar-refractivity contribution in [2.75, 3.05) is 0 Å². The quantitative estimate of drug-likeness (QED) is 0.596. The standard InChI is InChI=1S/C11H8N4/c1-2-4-15-11(3-1)10(7-14-15)9-5-12-8-13-6-9/h1-8H. The minimum Gasteiger partial charge on any atom is -0.244 e. The van der Waals surface area contributed by atoms with E-state index in [4.69, 9.17) is 0 Å². The molecule has 0 N–H and O–H groups in total. The summed E-state index contributed by atoms with van der Waals surface area (Å²) in [5.74, 6) is 0. The van der Waals surface area contributed by atoms with Crippen LogP contribution in [0.25, 0.3) is 16.6 Å². The summed E-state index contributed by atoms with van der Waals surface area (Å²) in [6.07, 6.45) is 8.85. The van der Waals surface area contributed by atoms with Crippen LogP contribution in [0.5, 0.6) is 0 Å².